The van der Waals surface area contributed by atoms with E-state index in [2.05, 4.69) is 6.08 Å². The predicted octanol–water partition coefficient (Wildman–Crippen LogP) is 2.05. The molecule has 0 aromatic rings. The number of hydrogen-bond donors (Lipinski definition) is 0. The Hall–Kier alpha value is -0.790. The molecule has 0 bridgehead atoms. The quantitative estimate of drug-likeness (QED) is 0.449. The van der Waals surface area contributed by atoms with Gasteiger partial charge in [-0.3, -0.25) is 4.79 Å². The molecular weight excluding hydrogens is 140 g/mol. The van der Waals surface area contributed by atoms with Crippen molar-refractivity contribution in [3.63, 3.8) is 0 Å². The lowest BCUT2D eigenvalue weighted by Crippen LogP contribution is -2.28. The van der Waals surface area contributed by atoms with Crippen molar-refractivity contribution in [1.82, 2.24) is 0 Å². The second kappa shape index (κ2) is 3.07. The maximum Gasteiger partial charge on any atom is 0.303 e. The van der Waals surface area contributed by atoms with Crippen molar-refractivity contribution in [3.05, 3.63) is 12.2 Å². The number of hydrogen-bond acceptors (Lipinski definition) is 2. The third kappa shape index (κ3) is 1.82. The van der Waals surface area contributed by atoms with Gasteiger partial charge in [0.15, 0.2) is 0 Å². The van der Waals surface area contributed by atoms with Crippen LogP contribution >= 0.6 is 0 Å². The normalized spacial score (nSPS) is 28.9. The van der Waals surface area contributed by atoms with E-state index in [1.807, 2.05) is 13.0 Å². The summed E-state index contributed by atoms with van der Waals surface area (Å²) in [5.41, 5.74) is -0.272. The summed E-state index contributed by atoms with van der Waals surface area (Å²) < 4.78 is 5.22. The van der Waals surface area contributed by atoms with E-state index < -0.39 is 0 Å². The lowest BCUT2D eigenvalue weighted by atomic mass is 10.0. The van der Waals surface area contributed by atoms with Gasteiger partial charge in [-0.05, 0) is 25.3 Å². The maximum atomic E-state index is 10.7. The van der Waals surface area contributed by atoms with Crippen molar-refractivity contribution in [3.8, 4) is 0 Å². The van der Waals surface area contributed by atoms with Crippen molar-refractivity contribution in [2.75, 3.05) is 0 Å². The molecule has 1 atom stereocenters. The summed E-state index contributed by atoms with van der Waals surface area (Å²) >= 11 is 0. The number of carbonyl (C=O) groups is 1. The number of allylic oxidation sites excluding steroid dienone is 1. The molecule has 0 heterocycles. The van der Waals surface area contributed by atoms with E-state index in [1.54, 1.807) is 0 Å². The van der Waals surface area contributed by atoms with E-state index >= 15 is 0 Å². The topological polar surface area (TPSA) is 26.3 Å². The zero-order valence-electron chi connectivity index (χ0n) is 7.09. The zero-order chi connectivity index (χ0) is 8.32. The van der Waals surface area contributed by atoms with Gasteiger partial charge in [-0.25, -0.2) is 0 Å². The van der Waals surface area contributed by atoms with E-state index in [1.165, 1.54) is 6.92 Å². The minimum absolute atomic E-state index is 0.182. The van der Waals surface area contributed by atoms with Crippen LogP contribution in [0.5, 0.6) is 0 Å². The van der Waals surface area contributed by atoms with Crippen LogP contribution < -0.4 is 0 Å². The first-order valence-corrected chi connectivity index (χ1v) is 4.06. The Morgan fingerprint density at radius 2 is 2.45 bits per heavy atom. The van der Waals surface area contributed by atoms with Crippen LogP contribution in [0.1, 0.15) is 33.1 Å². The van der Waals surface area contributed by atoms with Crippen LogP contribution in [0.15, 0.2) is 12.2 Å². The summed E-state index contributed by atoms with van der Waals surface area (Å²) in [5, 5.41) is 0. The standard InChI is InChI=1S/C9H14O2/c1-3-9(11-8(2)10)6-4-5-7-9/h4,6H,3,5,7H2,1-2H3. The molecule has 0 fully saturated rings. The van der Waals surface area contributed by atoms with Crippen LogP contribution in [0.25, 0.3) is 0 Å². The molecule has 0 N–H and O–H groups in total. The highest BCUT2D eigenvalue weighted by atomic mass is 16.6. The minimum Gasteiger partial charge on any atom is -0.455 e. The predicted molar refractivity (Wildman–Crippen MR) is 43.2 cm³/mol. The van der Waals surface area contributed by atoms with Crippen molar-refractivity contribution in [1.29, 1.82) is 0 Å². The Kier molecular flexibility index (Phi) is 2.32. The van der Waals surface area contributed by atoms with E-state index in [0.717, 1.165) is 19.3 Å². The smallest absolute Gasteiger partial charge is 0.303 e. The Morgan fingerprint density at radius 1 is 1.73 bits per heavy atom. The molecule has 0 saturated carbocycles. The summed E-state index contributed by atoms with van der Waals surface area (Å²) in [5.74, 6) is -0.182. The Morgan fingerprint density at radius 3 is 2.82 bits per heavy atom. The van der Waals surface area contributed by atoms with Crippen molar-refractivity contribution in [2.24, 2.45) is 0 Å². The van der Waals surface area contributed by atoms with Crippen LogP contribution in [0.4, 0.5) is 0 Å². The molecule has 2 nitrogen and oxygen atoms in total. The van der Waals surface area contributed by atoms with Crippen molar-refractivity contribution >= 4 is 5.97 Å². The highest BCUT2D eigenvalue weighted by Crippen LogP contribution is 2.29. The fraction of sp³-hybridized carbons (Fsp3) is 0.667. The molecular formula is C9H14O2. The molecule has 0 aromatic carbocycles. The summed E-state index contributed by atoms with van der Waals surface area (Å²) in [7, 11) is 0. The molecule has 0 aromatic heterocycles. The van der Waals surface area contributed by atoms with Gasteiger partial charge in [0.05, 0.1) is 0 Å². The van der Waals surface area contributed by atoms with Gasteiger partial charge in [-0.15, -0.1) is 0 Å². The minimum atomic E-state index is -0.272. The molecule has 0 radical (unpaired) electrons. The number of rotatable bonds is 2. The molecule has 2 heteroatoms. The Bertz CT molecular complexity index is 184. The second-order valence-electron chi connectivity index (χ2n) is 2.95. The van der Waals surface area contributed by atoms with Crippen molar-refractivity contribution < 1.29 is 9.53 Å². The molecule has 1 aliphatic carbocycles. The first-order chi connectivity index (χ1) is 5.18. The van der Waals surface area contributed by atoms with Crippen LogP contribution in [-0.4, -0.2) is 11.6 Å². The Balaban J connectivity index is 2.60. The second-order valence-corrected chi connectivity index (χ2v) is 2.95. The van der Waals surface area contributed by atoms with E-state index in [9.17, 15) is 4.79 Å². The van der Waals surface area contributed by atoms with Gasteiger partial charge in [0.25, 0.3) is 0 Å². The summed E-state index contributed by atoms with van der Waals surface area (Å²) in [6.45, 7) is 3.50. The molecule has 62 valence electrons. The average Bonchev–Trinajstić information content (AvgIpc) is 2.36. The highest BCUT2D eigenvalue weighted by molar-refractivity contribution is 5.67. The van der Waals surface area contributed by atoms with Gasteiger partial charge in [0.2, 0.25) is 0 Å². The SMILES string of the molecule is CCC1(OC(C)=O)C=CCC1. The number of carbonyl (C=O) groups excluding carboxylic acids is 1. The third-order valence-corrected chi connectivity index (χ3v) is 2.10. The largest absolute Gasteiger partial charge is 0.455 e. The molecule has 1 aliphatic rings. The molecule has 1 rings (SSSR count). The Labute approximate surface area is 67.2 Å². The fourth-order valence-electron chi connectivity index (χ4n) is 1.45. The molecule has 0 saturated heterocycles. The zero-order valence-corrected chi connectivity index (χ0v) is 7.09. The monoisotopic (exact) mass is 154 g/mol. The van der Waals surface area contributed by atoms with E-state index in [4.69, 9.17) is 4.74 Å². The molecule has 0 spiro atoms. The first-order valence-electron chi connectivity index (χ1n) is 4.06. The van der Waals surface area contributed by atoms with Crippen LogP contribution in [-0.2, 0) is 9.53 Å². The van der Waals surface area contributed by atoms with Gasteiger partial charge >= 0.3 is 5.97 Å². The summed E-state index contributed by atoms with van der Waals surface area (Å²) in [4.78, 5) is 10.7. The van der Waals surface area contributed by atoms with Crippen molar-refractivity contribution in [2.45, 2.75) is 38.7 Å². The maximum absolute atomic E-state index is 10.7. The number of esters is 1. The van der Waals surface area contributed by atoms with Crippen LogP contribution in [0.2, 0.25) is 0 Å². The van der Waals surface area contributed by atoms with Gasteiger partial charge in [0.1, 0.15) is 5.60 Å². The lowest BCUT2D eigenvalue weighted by Gasteiger charge is -2.25. The third-order valence-electron chi connectivity index (χ3n) is 2.10. The molecule has 1 unspecified atom stereocenters. The average molecular weight is 154 g/mol. The lowest BCUT2D eigenvalue weighted by molar-refractivity contribution is -0.152. The van der Waals surface area contributed by atoms with E-state index in [-0.39, 0.29) is 11.6 Å². The molecule has 0 amide bonds. The summed E-state index contributed by atoms with van der Waals surface area (Å²) in [6.07, 6.45) is 6.94. The van der Waals surface area contributed by atoms with Gasteiger partial charge in [-0.2, -0.15) is 0 Å². The molecule has 11 heavy (non-hydrogen) atoms. The first kappa shape index (κ1) is 8.31. The van der Waals surface area contributed by atoms with Crippen LogP contribution in [0, 0.1) is 0 Å². The number of ether oxygens (including phenoxy) is 1. The van der Waals surface area contributed by atoms with E-state index in [0.29, 0.717) is 0 Å². The van der Waals surface area contributed by atoms with Gasteiger partial charge < -0.3 is 4.74 Å². The highest BCUT2D eigenvalue weighted by Gasteiger charge is 2.30. The van der Waals surface area contributed by atoms with Gasteiger partial charge in [0, 0.05) is 6.92 Å². The summed E-state index contributed by atoms with van der Waals surface area (Å²) in [6, 6.07) is 0. The van der Waals surface area contributed by atoms with Gasteiger partial charge in [-0.1, -0.05) is 13.0 Å². The fourth-order valence-corrected chi connectivity index (χ4v) is 1.45. The molecule has 0 aliphatic heterocycles. The van der Waals surface area contributed by atoms with Crippen LogP contribution in [0.3, 0.4) is 0 Å².